The number of pyridine rings is 1. The molecular weight excluding hydrogens is 427 g/mol. The standard InChI is InChI=1S/C15H15IN4O4/c16-9-3-4-12-11(6-9)14(13(7-17-12)20(23)24)18-10-2-1-5-19(8-10)15(21)22/h3-4,6-7,10H,1-2,5,8H2,(H,17,18)(H,21,22). The van der Waals surface area contributed by atoms with Crippen molar-refractivity contribution in [3.05, 3.63) is 38.1 Å². The van der Waals surface area contributed by atoms with Gasteiger partial charge in [-0.1, -0.05) is 0 Å². The summed E-state index contributed by atoms with van der Waals surface area (Å²) in [5, 5.41) is 24.4. The predicted molar refractivity (Wildman–Crippen MR) is 97.4 cm³/mol. The van der Waals surface area contributed by atoms with Gasteiger partial charge in [0, 0.05) is 28.1 Å². The van der Waals surface area contributed by atoms with Gasteiger partial charge in [-0.15, -0.1) is 0 Å². The van der Waals surface area contributed by atoms with Crippen LogP contribution in [0.5, 0.6) is 0 Å². The number of carboxylic acid groups (broad SMARTS) is 1. The zero-order chi connectivity index (χ0) is 17.3. The van der Waals surface area contributed by atoms with Crippen LogP contribution < -0.4 is 5.32 Å². The van der Waals surface area contributed by atoms with Crippen LogP contribution in [-0.2, 0) is 0 Å². The molecule has 1 fully saturated rings. The lowest BCUT2D eigenvalue weighted by Crippen LogP contribution is -2.44. The van der Waals surface area contributed by atoms with E-state index in [2.05, 4.69) is 32.9 Å². The molecule has 1 aliphatic heterocycles. The van der Waals surface area contributed by atoms with Gasteiger partial charge in [0.15, 0.2) is 0 Å². The first-order valence-corrected chi connectivity index (χ1v) is 8.50. The van der Waals surface area contributed by atoms with Crippen molar-refractivity contribution in [2.75, 3.05) is 18.4 Å². The molecule has 2 aromatic rings. The van der Waals surface area contributed by atoms with E-state index >= 15 is 0 Å². The van der Waals surface area contributed by atoms with Gasteiger partial charge in [0.2, 0.25) is 0 Å². The molecule has 8 nitrogen and oxygen atoms in total. The second-order valence-corrected chi connectivity index (χ2v) is 6.89. The van der Waals surface area contributed by atoms with E-state index in [0.29, 0.717) is 29.7 Å². The molecule has 0 radical (unpaired) electrons. The number of nitrogens with zero attached hydrogens (tertiary/aromatic N) is 3. The molecule has 0 aliphatic carbocycles. The molecule has 0 saturated carbocycles. The van der Waals surface area contributed by atoms with E-state index in [9.17, 15) is 14.9 Å². The second kappa shape index (κ2) is 6.75. The summed E-state index contributed by atoms with van der Waals surface area (Å²) in [5.41, 5.74) is 0.965. The van der Waals surface area contributed by atoms with Crippen LogP contribution in [0.3, 0.4) is 0 Å². The number of carbonyl (C=O) groups is 1. The van der Waals surface area contributed by atoms with Gasteiger partial charge in [-0.3, -0.25) is 10.1 Å². The maximum Gasteiger partial charge on any atom is 0.407 e. The molecule has 1 saturated heterocycles. The zero-order valence-electron chi connectivity index (χ0n) is 12.6. The lowest BCUT2D eigenvalue weighted by Gasteiger charge is -2.31. The summed E-state index contributed by atoms with van der Waals surface area (Å²) in [6.07, 6.45) is 1.76. The number of nitrogens with one attached hydrogen (secondary N) is 1. The number of hydrogen-bond donors (Lipinski definition) is 2. The summed E-state index contributed by atoms with van der Waals surface area (Å²) in [6, 6.07) is 5.38. The van der Waals surface area contributed by atoms with Crippen LogP contribution in [0, 0.1) is 13.7 Å². The van der Waals surface area contributed by atoms with Crippen molar-refractivity contribution in [3.63, 3.8) is 0 Å². The number of rotatable bonds is 3. The van der Waals surface area contributed by atoms with E-state index in [1.54, 1.807) is 0 Å². The first kappa shape index (κ1) is 16.7. The molecule has 0 spiro atoms. The SMILES string of the molecule is O=C(O)N1CCCC(Nc2c([N+](=O)[O-])cnc3ccc(I)cc23)C1. The molecule has 9 heteroatoms. The smallest absolute Gasteiger partial charge is 0.407 e. The van der Waals surface area contributed by atoms with Crippen LogP contribution in [0.1, 0.15) is 12.8 Å². The van der Waals surface area contributed by atoms with Gasteiger partial charge in [0.25, 0.3) is 0 Å². The molecule has 1 atom stereocenters. The molecule has 3 rings (SSSR count). The number of nitro groups is 1. The molecule has 1 amide bonds. The molecule has 2 N–H and O–H groups in total. The van der Waals surface area contributed by atoms with Crippen LogP contribution in [-0.4, -0.2) is 45.1 Å². The van der Waals surface area contributed by atoms with E-state index in [4.69, 9.17) is 5.11 Å². The second-order valence-electron chi connectivity index (χ2n) is 5.65. The number of aromatic nitrogens is 1. The Kier molecular flexibility index (Phi) is 4.69. The van der Waals surface area contributed by atoms with E-state index in [-0.39, 0.29) is 11.7 Å². The van der Waals surface area contributed by atoms with Crippen LogP contribution in [0.4, 0.5) is 16.2 Å². The van der Waals surface area contributed by atoms with Crippen molar-refractivity contribution in [2.24, 2.45) is 0 Å². The number of fused-ring (bicyclic) bond motifs is 1. The molecule has 1 aromatic heterocycles. The van der Waals surface area contributed by atoms with Gasteiger partial charge in [-0.2, -0.15) is 0 Å². The van der Waals surface area contributed by atoms with Gasteiger partial charge in [-0.25, -0.2) is 9.78 Å². The minimum atomic E-state index is -0.967. The Balaban J connectivity index is 2.00. The van der Waals surface area contributed by atoms with Crippen molar-refractivity contribution in [1.82, 2.24) is 9.88 Å². The monoisotopic (exact) mass is 442 g/mol. The van der Waals surface area contributed by atoms with Gasteiger partial charge < -0.3 is 15.3 Å². The van der Waals surface area contributed by atoms with Gasteiger partial charge in [-0.05, 0) is 53.6 Å². The predicted octanol–water partition coefficient (Wildman–Crippen LogP) is 3.30. The third-order valence-electron chi connectivity index (χ3n) is 4.05. The molecule has 2 heterocycles. The molecule has 1 aliphatic rings. The van der Waals surface area contributed by atoms with Crippen molar-refractivity contribution in [1.29, 1.82) is 0 Å². The molecular formula is C15H15IN4O4. The third-order valence-corrected chi connectivity index (χ3v) is 4.72. The summed E-state index contributed by atoms with van der Waals surface area (Å²) < 4.78 is 0.946. The first-order chi connectivity index (χ1) is 11.5. The van der Waals surface area contributed by atoms with Crippen LogP contribution in [0.15, 0.2) is 24.4 Å². The Morgan fingerprint density at radius 2 is 2.29 bits per heavy atom. The number of hydrogen-bond acceptors (Lipinski definition) is 5. The molecule has 0 bridgehead atoms. The van der Waals surface area contributed by atoms with Gasteiger partial charge >= 0.3 is 11.8 Å². The Morgan fingerprint density at radius 1 is 1.50 bits per heavy atom. The summed E-state index contributed by atoms with van der Waals surface area (Å²) in [7, 11) is 0. The van der Waals surface area contributed by atoms with E-state index < -0.39 is 11.0 Å². The van der Waals surface area contributed by atoms with Crippen LogP contribution >= 0.6 is 22.6 Å². The molecule has 126 valence electrons. The number of amides is 1. The highest BCUT2D eigenvalue weighted by molar-refractivity contribution is 14.1. The fraction of sp³-hybridized carbons (Fsp3) is 0.333. The summed E-state index contributed by atoms with van der Waals surface area (Å²) >= 11 is 2.14. The Hall–Kier alpha value is -2.17. The highest BCUT2D eigenvalue weighted by atomic mass is 127. The van der Waals surface area contributed by atoms with E-state index in [1.807, 2.05) is 18.2 Å². The Bertz CT molecular complexity index is 813. The quantitative estimate of drug-likeness (QED) is 0.429. The minimum absolute atomic E-state index is 0.100. The minimum Gasteiger partial charge on any atom is -0.465 e. The first-order valence-electron chi connectivity index (χ1n) is 7.43. The normalized spacial score (nSPS) is 17.7. The zero-order valence-corrected chi connectivity index (χ0v) is 14.8. The number of anilines is 1. The third kappa shape index (κ3) is 3.35. The average molecular weight is 442 g/mol. The molecule has 1 unspecified atom stereocenters. The van der Waals surface area contributed by atoms with E-state index in [1.165, 1.54) is 11.1 Å². The molecule has 1 aromatic carbocycles. The number of likely N-dealkylation sites (tertiary alicyclic amines) is 1. The van der Waals surface area contributed by atoms with Gasteiger partial charge in [0.1, 0.15) is 11.9 Å². The Morgan fingerprint density at radius 3 is 3.00 bits per heavy atom. The highest BCUT2D eigenvalue weighted by Crippen LogP contribution is 2.33. The van der Waals surface area contributed by atoms with Gasteiger partial charge in [0.05, 0.1) is 10.4 Å². The number of piperidine rings is 1. The number of benzene rings is 1. The Labute approximate surface area is 151 Å². The summed E-state index contributed by atoms with van der Waals surface area (Å²) in [6.45, 7) is 0.796. The van der Waals surface area contributed by atoms with Crippen LogP contribution in [0.25, 0.3) is 10.9 Å². The topological polar surface area (TPSA) is 109 Å². The van der Waals surface area contributed by atoms with E-state index in [0.717, 1.165) is 16.4 Å². The maximum absolute atomic E-state index is 11.4. The van der Waals surface area contributed by atoms with Crippen LogP contribution in [0.2, 0.25) is 0 Å². The summed E-state index contributed by atoms with van der Waals surface area (Å²) in [4.78, 5) is 27.6. The maximum atomic E-state index is 11.4. The average Bonchev–Trinajstić information content (AvgIpc) is 2.55. The van der Waals surface area contributed by atoms with Crippen molar-refractivity contribution in [2.45, 2.75) is 18.9 Å². The van der Waals surface area contributed by atoms with Crippen molar-refractivity contribution >= 4 is 51.0 Å². The van der Waals surface area contributed by atoms with Crippen molar-refractivity contribution < 1.29 is 14.8 Å². The lowest BCUT2D eigenvalue weighted by atomic mass is 10.0. The fourth-order valence-corrected chi connectivity index (χ4v) is 3.41. The lowest BCUT2D eigenvalue weighted by molar-refractivity contribution is -0.384. The van der Waals surface area contributed by atoms with Crippen molar-refractivity contribution in [3.8, 4) is 0 Å². The largest absolute Gasteiger partial charge is 0.465 e. The highest BCUT2D eigenvalue weighted by Gasteiger charge is 2.26. The fourth-order valence-electron chi connectivity index (χ4n) is 2.92. The molecule has 24 heavy (non-hydrogen) atoms. The number of halogens is 1. The summed E-state index contributed by atoms with van der Waals surface area (Å²) in [5.74, 6) is 0.